The molecule has 5 N–H and O–H groups in total. The lowest BCUT2D eigenvalue weighted by Gasteiger charge is -2.15. The number of amides is 2. The molecule has 1 heterocycles. The average molecular weight is 277 g/mol. The van der Waals surface area contributed by atoms with Crippen LogP contribution in [0, 0.1) is 11.8 Å². The smallest absolute Gasteiger partial charge is 0.225 e. The monoisotopic (exact) mass is 277 g/mol. The van der Waals surface area contributed by atoms with Gasteiger partial charge < -0.3 is 21.5 Å². The Kier molecular flexibility index (Phi) is 4.57. The molecule has 0 radical (unpaired) electrons. The van der Waals surface area contributed by atoms with Gasteiger partial charge in [0.25, 0.3) is 0 Å². The number of primary amides is 1. The van der Waals surface area contributed by atoms with Gasteiger partial charge in [0.05, 0.1) is 11.8 Å². The van der Waals surface area contributed by atoms with Gasteiger partial charge in [0.15, 0.2) is 0 Å². The fourth-order valence-electron chi connectivity index (χ4n) is 2.38. The van der Waals surface area contributed by atoms with Crippen molar-refractivity contribution >= 4 is 11.8 Å². The van der Waals surface area contributed by atoms with Crippen LogP contribution in [0.1, 0.15) is 5.56 Å². The van der Waals surface area contributed by atoms with Gasteiger partial charge in [-0.3, -0.25) is 9.59 Å². The van der Waals surface area contributed by atoms with Crippen LogP contribution >= 0.6 is 0 Å². The van der Waals surface area contributed by atoms with Crippen LogP contribution in [0.15, 0.2) is 24.3 Å². The Hall–Kier alpha value is -2.08. The summed E-state index contributed by atoms with van der Waals surface area (Å²) < 4.78 is 0. The summed E-state index contributed by atoms with van der Waals surface area (Å²) in [4.78, 5) is 23.2. The van der Waals surface area contributed by atoms with Crippen molar-refractivity contribution in [1.82, 2.24) is 10.6 Å². The number of phenols is 1. The SMILES string of the molecule is NC(=O)C1CNCC1C(=O)NCCc1ccc(O)cc1. The van der Waals surface area contributed by atoms with Gasteiger partial charge in [-0.05, 0) is 24.1 Å². The molecule has 0 saturated carbocycles. The summed E-state index contributed by atoms with van der Waals surface area (Å²) in [6.07, 6.45) is 0.674. The van der Waals surface area contributed by atoms with E-state index in [9.17, 15) is 14.7 Å². The van der Waals surface area contributed by atoms with Crippen LogP contribution in [0.4, 0.5) is 0 Å². The first-order chi connectivity index (χ1) is 9.58. The molecule has 6 heteroatoms. The number of aromatic hydroxyl groups is 1. The molecule has 1 aromatic rings. The largest absolute Gasteiger partial charge is 0.508 e. The highest BCUT2D eigenvalue weighted by molar-refractivity contribution is 5.87. The molecule has 6 nitrogen and oxygen atoms in total. The zero-order valence-electron chi connectivity index (χ0n) is 11.1. The van der Waals surface area contributed by atoms with Gasteiger partial charge in [0.1, 0.15) is 5.75 Å². The highest BCUT2D eigenvalue weighted by Crippen LogP contribution is 2.16. The molecule has 1 aliphatic rings. The Morgan fingerprint density at radius 1 is 1.25 bits per heavy atom. The molecule has 2 amide bonds. The number of carbonyl (C=O) groups is 2. The third-order valence-corrected chi connectivity index (χ3v) is 3.57. The Morgan fingerprint density at radius 2 is 1.90 bits per heavy atom. The summed E-state index contributed by atoms with van der Waals surface area (Å²) in [5.41, 5.74) is 6.30. The van der Waals surface area contributed by atoms with Crippen LogP contribution in [0.5, 0.6) is 5.75 Å². The first-order valence-electron chi connectivity index (χ1n) is 6.63. The van der Waals surface area contributed by atoms with Gasteiger partial charge in [-0.2, -0.15) is 0 Å². The number of hydrogen-bond acceptors (Lipinski definition) is 4. The predicted molar refractivity (Wildman–Crippen MR) is 73.9 cm³/mol. The van der Waals surface area contributed by atoms with Crippen molar-refractivity contribution in [2.45, 2.75) is 6.42 Å². The Morgan fingerprint density at radius 3 is 2.55 bits per heavy atom. The van der Waals surface area contributed by atoms with E-state index in [0.29, 0.717) is 26.1 Å². The summed E-state index contributed by atoms with van der Waals surface area (Å²) in [6, 6.07) is 6.85. The van der Waals surface area contributed by atoms with Crippen LogP contribution in [0.3, 0.4) is 0 Å². The highest BCUT2D eigenvalue weighted by atomic mass is 16.3. The van der Waals surface area contributed by atoms with E-state index >= 15 is 0 Å². The van der Waals surface area contributed by atoms with Crippen molar-refractivity contribution in [2.75, 3.05) is 19.6 Å². The van der Waals surface area contributed by atoms with E-state index < -0.39 is 11.8 Å². The third-order valence-electron chi connectivity index (χ3n) is 3.57. The summed E-state index contributed by atoms with van der Waals surface area (Å²) in [5.74, 6) is -1.17. The fourth-order valence-corrected chi connectivity index (χ4v) is 2.38. The number of phenolic OH excluding ortho intramolecular Hbond substituents is 1. The lowest BCUT2D eigenvalue weighted by Crippen LogP contribution is -2.40. The molecule has 0 bridgehead atoms. The zero-order chi connectivity index (χ0) is 14.5. The topological polar surface area (TPSA) is 104 Å². The van der Waals surface area contributed by atoms with Gasteiger partial charge in [-0.25, -0.2) is 0 Å². The number of nitrogens with one attached hydrogen (secondary N) is 2. The molecule has 1 fully saturated rings. The maximum atomic E-state index is 12.0. The number of nitrogens with two attached hydrogens (primary N) is 1. The minimum absolute atomic E-state index is 0.141. The van der Waals surface area contributed by atoms with E-state index in [1.807, 2.05) is 12.1 Å². The second-order valence-corrected chi connectivity index (χ2v) is 4.98. The molecule has 20 heavy (non-hydrogen) atoms. The minimum Gasteiger partial charge on any atom is -0.508 e. The lowest BCUT2D eigenvalue weighted by atomic mass is 9.94. The van der Waals surface area contributed by atoms with Crippen LogP contribution < -0.4 is 16.4 Å². The van der Waals surface area contributed by atoms with Gasteiger partial charge >= 0.3 is 0 Å². The molecule has 1 saturated heterocycles. The van der Waals surface area contributed by atoms with Gasteiger partial charge in [0, 0.05) is 19.6 Å². The summed E-state index contributed by atoms with van der Waals surface area (Å²) in [6.45, 7) is 1.44. The normalized spacial score (nSPS) is 21.6. The van der Waals surface area contributed by atoms with E-state index in [4.69, 9.17) is 5.73 Å². The molecule has 2 unspecified atom stereocenters. The van der Waals surface area contributed by atoms with E-state index in [0.717, 1.165) is 5.56 Å². The Labute approximate surface area is 117 Å². The minimum atomic E-state index is -0.436. The van der Waals surface area contributed by atoms with Crippen molar-refractivity contribution < 1.29 is 14.7 Å². The predicted octanol–water partition coefficient (Wildman–Crippen LogP) is -0.628. The molecule has 2 atom stereocenters. The highest BCUT2D eigenvalue weighted by Gasteiger charge is 2.36. The second-order valence-electron chi connectivity index (χ2n) is 4.98. The van der Waals surface area contributed by atoms with Crippen molar-refractivity contribution in [3.8, 4) is 5.75 Å². The number of benzene rings is 1. The molecular formula is C14H19N3O3. The molecule has 108 valence electrons. The number of hydrogen-bond donors (Lipinski definition) is 4. The second kappa shape index (κ2) is 6.38. The molecule has 1 aliphatic heterocycles. The third kappa shape index (κ3) is 3.48. The molecule has 0 spiro atoms. The standard InChI is InChI=1S/C14H19N3O3/c15-13(19)11-7-16-8-12(11)14(20)17-6-5-9-1-3-10(18)4-2-9/h1-4,11-12,16,18H,5-8H2,(H2,15,19)(H,17,20). The molecule has 0 aliphatic carbocycles. The van der Waals surface area contributed by atoms with E-state index in [1.54, 1.807) is 12.1 Å². The first kappa shape index (κ1) is 14.3. The van der Waals surface area contributed by atoms with Crippen molar-refractivity contribution in [3.63, 3.8) is 0 Å². The van der Waals surface area contributed by atoms with Gasteiger partial charge in [-0.15, -0.1) is 0 Å². The number of carbonyl (C=O) groups excluding carboxylic acids is 2. The lowest BCUT2D eigenvalue weighted by molar-refractivity contribution is -0.131. The Bertz CT molecular complexity index is 487. The quantitative estimate of drug-likeness (QED) is 0.575. The fraction of sp³-hybridized carbons (Fsp3) is 0.429. The van der Waals surface area contributed by atoms with E-state index in [-0.39, 0.29) is 17.6 Å². The van der Waals surface area contributed by atoms with Crippen LogP contribution in [0.2, 0.25) is 0 Å². The number of rotatable bonds is 5. The molecule has 0 aromatic heterocycles. The van der Waals surface area contributed by atoms with Crippen molar-refractivity contribution in [1.29, 1.82) is 0 Å². The van der Waals surface area contributed by atoms with Gasteiger partial charge in [0.2, 0.25) is 11.8 Å². The molecular weight excluding hydrogens is 258 g/mol. The van der Waals surface area contributed by atoms with Crippen LogP contribution in [0.25, 0.3) is 0 Å². The molecule has 1 aromatic carbocycles. The average Bonchev–Trinajstić information content (AvgIpc) is 2.90. The van der Waals surface area contributed by atoms with E-state index in [1.165, 1.54) is 0 Å². The first-order valence-corrected chi connectivity index (χ1v) is 6.63. The molecule has 2 rings (SSSR count). The van der Waals surface area contributed by atoms with E-state index in [2.05, 4.69) is 10.6 Å². The van der Waals surface area contributed by atoms with Crippen LogP contribution in [-0.4, -0.2) is 36.6 Å². The van der Waals surface area contributed by atoms with Crippen LogP contribution in [-0.2, 0) is 16.0 Å². The van der Waals surface area contributed by atoms with Crippen molar-refractivity contribution in [2.24, 2.45) is 17.6 Å². The maximum Gasteiger partial charge on any atom is 0.225 e. The summed E-state index contributed by atoms with van der Waals surface area (Å²) in [5, 5.41) is 15.0. The van der Waals surface area contributed by atoms with Crippen molar-refractivity contribution in [3.05, 3.63) is 29.8 Å². The Balaban J connectivity index is 1.80. The summed E-state index contributed by atoms with van der Waals surface area (Å²) >= 11 is 0. The zero-order valence-corrected chi connectivity index (χ0v) is 11.1. The maximum absolute atomic E-state index is 12.0. The summed E-state index contributed by atoms with van der Waals surface area (Å²) in [7, 11) is 0. The van der Waals surface area contributed by atoms with Gasteiger partial charge in [-0.1, -0.05) is 12.1 Å².